The summed E-state index contributed by atoms with van der Waals surface area (Å²) in [5.41, 5.74) is 3.59. The zero-order chi connectivity index (χ0) is 18.1. The summed E-state index contributed by atoms with van der Waals surface area (Å²) in [6.45, 7) is 9.09. The minimum Gasteiger partial charge on any atom is -0.492 e. The second-order valence-corrected chi connectivity index (χ2v) is 8.29. The first kappa shape index (κ1) is 16.0. The van der Waals surface area contributed by atoms with Crippen LogP contribution in [-0.4, -0.2) is 35.7 Å². The van der Waals surface area contributed by atoms with Crippen molar-refractivity contribution >= 4 is 6.03 Å². The van der Waals surface area contributed by atoms with E-state index in [0.717, 1.165) is 43.1 Å². The van der Waals surface area contributed by atoms with Crippen LogP contribution in [0.2, 0.25) is 0 Å². The third kappa shape index (κ3) is 2.19. The maximum atomic E-state index is 12.2. The summed E-state index contributed by atoms with van der Waals surface area (Å²) >= 11 is 0. The standard InChI is InChI=1S/C21H26N2O3/c1-4-16-13(3)23(20(24)22-16)14-9-15(10-14)26-17-6-5-12(2)19-18(17)21(7-8-21)11-25-19/h5-6,14-16H,3-4,7-11H2,1-2H3,(H,22,24)/t14-,15+,16-/m1/s1. The number of benzene rings is 1. The van der Waals surface area contributed by atoms with Crippen LogP contribution in [0.3, 0.4) is 0 Å². The molecule has 4 aliphatic rings. The van der Waals surface area contributed by atoms with Crippen molar-refractivity contribution in [3.05, 3.63) is 35.5 Å². The SMILES string of the molecule is C=C1[C@@H](CC)NC(=O)N1[C@H]1C[C@@H](Oc2ccc(C)c3c2C2(CC2)CO3)C1. The van der Waals surface area contributed by atoms with Gasteiger partial charge in [-0.2, -0.15) is 0 Å². The molecule has 0 aromatic heterocycles. The molecule has 2 aliphatic heterocycles. The summed E-state index contributed by atoms with van der Waals surface area (Å²) in [7, 11) is 0. The number of rotatable bonds is 4. The summed E-state index contributed by atoms with van der Waals surface area (Å²) in [4.78, 5) is 14.1. The molecule has 1 aromatic carbocycles. The molecule has 138 valence electrons. The van der Waals surface area contributed by atoms with Gasteiger partial charge in [-0.3, -0.25) is 4.90 Å². The van der Waals surface area contributed by atoms with Gasteiger partial charge in [0.15, 0.2) is 0 Å². The molecule has 1 saturated heterocycles. The van der Waals surface area contributed by atoms with Crippen molar-refractivity contribution in [3.8, 4) is 11.5 Å². The van der Waals surface area contributed by atoms with Crippen LogP contribution in [0.1, 0.15) is 50.2 Å². The zero-order valence-corrected chi connectivity index (χ0v) is 15.5. The Hall–Kier alpha value is -2.17. The Kier molecular flexibility index (Phi) is 3.34. The number of urea groups is 1. The number of nitrogens with one attached hydrogen (secondary N) is 1. The predicted molar refractivity (Wildman–Crippen MR) is 98.6 cm³/mol. The van der Waals surface area contributed by atoms with Crippen molar-refractivity contribution in [2.75, 3.05) is 6.61 Å². The molecule has 1 N–H and O–H groups in total. The number of fused-ring (bicyclic) bond motifs is 2. The molecule has 2 amide bonds. The van der Waals surface area contributed by atoms with Gasteiger partial charge >= 0.3 is 6.03 Å². The van der Waals surface area contributed by atoms with Gasteiger partial charge < -0.3 is 14.8 Å². The largest absolute Gasteiger partial charge is 0.492 e. The van der Waals surface area contributed by atoms with Crippen LogP contribution in [0, 0.1) is 6.92 Å². The molecular formula is C21H26N2O3. The third-order valence-electron chi connectivity index (χ3n) is 6.56. The van der Waals surface area contributed by atoms with Gasteiger partial charge in [0.25, 0.3) is 0 Å². The van der Waals surface area contributed by atoms with Crippen LogP contribution >= 0.6 is 0 Å². The first-order valence-electron chi connectivity index (χ1n) is 9.74. The minimum atomic E-state index is -0.00754. The Balaban J connectivity index is 1.29. The lowest BCUT2D eigenvalue weighted by atomic mass is 9.87. The molecule has 1 aromatic rings. The van der Waals surface area contributed by atoms with E-state index in [9.17, 15) is 4.79 Å². The molecule has 1 atom stereocenters. The molecule has 5 heteroatoms. The van der Waals surface area contributed by atoms with Gasteiger partial charge in [0.1, 0.15) is 17.6 Å². The highest BCUT2D eigenvalue weighted by atomic mass is 16.5. The molecule has 5 nitrogen and oxygen atoms in total. The Bertz CT molecular complexity index is 793. The highest BCUT2D eigenvalue weighted by molar-refractivity contribution is 5.81. The lowest BCUT2D eigenvalue weighted by Crippen LogP contribution is -2.49. The van der Waals surface area contributed by atoms with Crippen LogP contribution in [0.15, 0.2) is 24.4 Å². The van der Waals surface area contributed by atoms with Gasteiger partial charge in [-0.25, -0.2) is 4.79 Å². The van der Waals surface area contributed by atoms with Crippen molar-refractivity contribution in [2.24, 2.45) is 0 Å². The van der Waals surface area contributed by atoms with E-state index in [1.807, 2.05) is 4.90 Å². The fourth-order valence-electron chi connectivity index (χ4n) is 4.65. The first-order valence-corrected chi connectivity index (χ1v) is 9.74. The van der Waals surface area contributed by atoms with Crippen LogP contribution in [0.25, 0.3) is 0 Å². The molecule has 26 heavy (non-hydrogen) atoms. The van der Waals surface area contributed by atoms with E-state index in [1.54, 1.807) is 0 Å². The summed E-state index contributed by atoms with van der Waals surface area (Å²) in [6, 6.07) is 4.47. The highest BCUT2D eigenvalue weighted by Gasteiger charge is 2.53. The van der Waals surface area contributed by atoms with Crippen LogP contribution < -0.4 is 14.8 Å². The van der Waals surface area contributed by atoms with Crippen LogP contribution in [0.5, 0.6) is 11.5 Å². The van der Waals surface area contributed by atoms with Crippen LogP contribution in [0.4, 0.5) is 4.79 Å². The van der Waals surface area contributed by atoms with E-state index in [-0.39, 0.29) is 29.6 Å². The first-order chi connectivity index (χ1) is 12.5. The van der Waals surface area contributed by atoms with E-state index in [0.29, 0.717) is 0 Å². The van der Waals surface area contributed by atoms with E-state index < -0.39 is 0 Å². The fourth-order valence-corrected chi connectivity index (χ4v) is 4.65. The Labute approximate surface area is 154 Å². The van der Waals surface area contributed by atoms with Gasteiger partial charge in [0, 0.05) is 35.6 Å². The molecule has 5 rings (SSSR count). The molecule has 1 spiro atoms. The van der Waals surface area contributed by atoms with Crippen molar-refractivity contribution in [1.29, 1.82) is 0 Å². The smallest absolute Gasteiger partial charge is 0.322 e. The Morgan fingerprint density at radius 3 is 2.81 bits per heavy atom. The fraction of sp³-hybridized carbons (Fsp3) is 0.571. The summed E-state index contributed by atoms with van der Waals surface area (Å²) < 4.78 is 12.4. The topological polar surface area (TPSA) is 50.8 Å². The molecule has 3 fully saturated rings. The summed E-state index contributed by atoms with van der Waals surface area (Å²) in [5, 5.41) is 3.01. The van der Waals surface area contributed by atoms with Gasteiger partial charge in [-0.1, -0.05) is 19.6 Å². The number of hydrogen-bond acceptors (Lipinski definition) is 3. The van der Waals surface area contributed by atoms with E-state index in [4.69, 9.17) is 9.47 Å². The Morgan fingerprint density at radius 2 is 2.15 bits per heavy atom. The predicted octanol–water partition coefficient (Wildman–Crippen LogP) is 3.65. The summed E-state index contributed by atoms with van der Waals surface area (Å²) in [5.74, 6) is 2.02. The number of hydrogen-bond donors (Lipinski definition) is 1. The lowest BCUT2D eigenvalue weighted by Gasteiger charge is -2.41. The third-order valence-corrected chi connectivity index (χ3v) is 6.56. The van der Waals surface area contributed by atoms with Gasteiger partial charge in [0.2, 0.25) is 0 Å². The molecule has 0 bridgehead atoms. The van der Waals surface area contributed by atoms with Gasteiger partial charge in [-0.15, -0.1) is 0 Å². The normalized spacial score (nSPS) is 30.7. The monoisotopic (exact) mass is 354 g/mol. The van der Waals surface area contributed by atoms with E-state index >= 15 is 0 Å². The molecular weight excluding hydrogens is 328 g/mol. The van der Waals surface area contributed by atoms with Crippen molar-refractivity contribution in [2.45, 2.75) is 69.6 Å². The molecule has 2 heterocycles. The number of carbonyl (C=O) groups excluding carboxylic acids is 1. The zero-order valence-electron chi connectivity index (χ0n) is 15.5. The van der Waals surface area contributed by atoms with E-state index in [1.165, 1.54) is 24.0 Å². The second kappa shape index (κ2) is 5.41. The van der Waals surface area contributed by atoms with Gasteiger partial charge in [0.05, 0.1) is 12.6 Å². The molecule has 2 saturated carbocycles. The van der Waals surface area contributed by atoms with Gasteiger partial charge in [-0.05, 0) is 37.8 Å². The number of nitrogens with zero attached hydrogens (tertiary/aromatic N) is 1. The van der Waals surface area contributed by atoms with Crippen LogP contribution in [-0.2, 0) is 5.41 Å². The van der Waals surface area contributed by atoms with Crippen molar-refractivity contribution in [3.63, 3.8) is 0 Å². The minimum absolute atomic E-state index is 0.00754. The molecule has 0 radical (unpaired) electrons. The average Bonchev–Trinajstić information content (AvgIpc) is 3.18. The van der Waals surface area contributed by atoms with E-state index in [2.05, 4.69) is 37.9 Å². The van der Waals surface area contributed by atoms with Crippen molar-refractivity contribution < 1.29 is 14.3 Å². The lowest BCUT2D eigenvalue weighted by molar-refractivity contribution is 0.0499. The number of ether oxygens (including phenoxy) is 2. The van der Waals surface area contributed by atoms with Crippen molar-refractivity contribution in [1.82, 2.24) is 10.2 Å². The quantitative estimate of drug-likeness (QED) is 0.898. The maximum absolute atomic E-state index is 12.2. The molecule has 2 aliphatic carbocycles. The number of amides is 2. The Morgan fingerprint density at radius 1 is 1.38 bits per heavy atom. The second-order valence-electron chi connectivity index (χ2n) is 8.29. The number of carbonyl (C=O) groups is 1. The summed E-state index contributed by atoms with van der Waals surface area (Å²) in [6.07, 6.45) is 5.15. The molecule has 0 unspecified atom stereocenters. The maximum Gasteiger partial charge on any atom is 0.322 e. The average molecular weight is 354 g/mol. The highest BCUT2D eigenvalue weighted by Crippen LogP contribution is 2.59. The number of aryl methyl sites for hydroxylation is 1.